The Morgan fingerprint density at radius 3 is 2.50 bits per heavy atom. The predicted molar refractivity (Wildman–Crippen MR) is 55.4 cm³/mol. The zero-order valence-electron chi connectivity index (χ0n) is 6.42. The third-order valence-electron chi connectivity index (χ3n) is 1.42. The van der Waals surface area contributed by atoms with Crippen molar-refractivity contribution in [3.63, 3.8) is 0 Å². The predicted octanol–water partition coefficient (Wildman–Crippen LogP) is 2.11. The lowest BCUT2D eigenvalue weighted by Gasteiger charge is -2.01. The van der Waals surface area contributed by atoms with Crippen molar-refractivity contribution >= 4 is 28.9 Å². The standard InChI is InChI=1S/C9H8IO2/c10-7-12-9-3-1-8(2-4-9)5-6-11/h1-4H,5,7H2. The second-order valence-electron chi connectivity index (χ2n) is 2.22. The third kappa shape index (κ3) is 2.81. The molecule has 0 spiro atoms. The van der Waals surface area contributed by atoms with Gasteiger partial charge in [0.1, 0.15) is 10.4 Å². The highest BCUT2D eigenvalue weighted by Crippen LogP contribution is 2.12. The van der Waals surface area contributed by atoms with Gasteiger partial charge < -0.3 is 4.74 Å². The zero-order chi connectivity index (χ0) is 8.81. The number of ether oxygens (including phenoxy) is 1. The second-order valence-corrected chi connectivity index (χ2v) is 2.84. The molecule has 0 N–H and O–H groups in total. The first-order chi connectivity index (χ1) is 5.86. The molecule has 0 bridgehead atoms. The van der Waals surface area contributed by atoms with Gasteiger partial charge in [-0.2, -0.15) is 0 Å². The van der Waals surface area contributed by atoms with Gasteiger partial charge in [-0.05, 0) is 40.3 Å². The van der Waals surface area contributed by atoms with Gasteiger partial charge in [0.2, 0.25) is 6.29 Å². The van der Waals surface area contributed by atoms with Crippen molar-refractivity contribution in [2.24, 2.45) is 0 Å². The second kappa shape index (κ2) is 5.13. The fraction of sp³-hybridized carbons (Fsp3) is 0.222. The number of halogens is 1. The van der Waals surface area contributed by atoms with E-state index in [1.54, 1.807) is 0 Å². The minimum atomic E-state index is 0.352. The van der Waals surface area contributed by atoms with Crippen LogP contribution in [0.15, 0.2) is 24.3 Å². The highest BCUT2D eigenvalue weighted by Gasteiger charge is 1.93. The van der Waals surface area contributed by atoms with E-state index in [4.69, 9.17) is 4.74 Å². The third-order valence-corrected chi connectivity index (χ3v) is 1.73. The summed E-state index contributed by atoms with van der Waals surface area (Å²) < 4.78 is 5.86. The summed E-state index contributed by atoms with van der Waals surface area (Å²) >= 11 is 2.13. The van der Waals surface area contributed by atoms with Crippen LogP contribution in [0.1, 0.15) is 5.56 Å². The normalized spacial score (nSPS) is 9.42. The average molecular weight is 275 g/mol. The molecule has 0 heterocycles. The molecule has 3 heteroatoms. The van der Waals surface area contributed by atoms with Crippen molar-refractivity contribution in [1.29, 1.82) is 0 Å². The fourth-order valence-corrected chi connectivity index (χ4v) is 1.21. The van der Waals surface area contributed by atoms with Crippen molar-refractivity contribution in [2.75, 3.05) is 4.61 Å². The molecule has 1 aromatic carbocycles. The minimum absolute atomic E-state index is 0.352. The topological polar surface area (TPSA) is 26.3 Å². The first kappa shape index (κ1) is 9.51. The molecule has 1 radical (unpaired) electrons. The molecule has 0 aromatic heterocycles. The Labute approximate surface area is 85.1 Å². The Morgan fingerprint density at radius 1 is 1.33 bits per heavy atom. The molecule has 0 atom stereocenters. The number of carbonyl (C=O) groups excluding carboxylic acids is 1. The van der Waals surface area contributed by atoms with Gasteiger partial charge in [-0.25, -0.2) is 0 Å². The highest BCUT2D eigenvalue weighted by atomic mass is 127. The largest absolute Gasteiger partial charge is 0.483 e. The van der Waals surface area contributed by atoms with Crippen molar-refractivity contribution in [2.45, 2.75) is 6.42 Å². The van der Waals surface area contributed by atoms with Crippen LogP contribution in [0.2, 0.25) is 0 Å². The summed E-state index contributed by atoms with van der Waals surface area (Å²) in [4.78, 5) is 10.0. The van der Waals surface area contributed by atoms with Crippen molar-refractivity contribution in [3.8, 4) is 5.75 Å². The van der Waals surface area contributed by atoms with Crippen LogP contribution < -0.4 is 4.74 Å². The van der Waals surface area contributed by atoms with E-state index in [1.165, 1.54) is 0 Å². The molecule has 63 valence electrons. The van der Waals surface area contributed by atoms with Crippen LogP contribution in [0.25, 0.3) is 0 Å². The fourth-order valence-electron chi connectivity index (χ4n) is 0.850. The van der Waals surface area contributed by atoms with Gasteiger partial charge >= 0.3 is 0 Å². The van der Waals surface area contributed by atoms with E-state index < -0.39 is 0 Å². The quantitative estimate of drug-likeness (QED) is 0.621. The Hall–Kier alpha value is -0.580. The van der Waals surface area contributed by atoms with Crippen LogP contribution in [0.3, 0.4) is 0 Å². The summed E-state index contributed by atoms with van der Waals surface area (Å²) in [5, 5.41) is 0. The number of benzene rings is 1. The van der Waals surface area contributed by atoms with Gasteiger partial charge in [-0.15, -0.1) is 0 Å². The number of hydrogen-bond acceptors (Lipinski definition) is 2. The molecule has 0 saturated carbocycles. The first-order valence-corrected chi connectivity index (χ1v) is 5.02. The van der Waals surface area contributed by atoms with Crippen molar-refractivity contribution in [3.05, 3.63) is 29.8 Å². The van der Waals surface area contributed by atoms with E-state index in [0.29, 0.717) is 11.0 Å². The van der Waals surface area contributed by atoms with E-state index in [0.717, 1.165) is 11.3 Å². The average Bonchev–Trinajstić information content (AvgIpc) is 2.09. The van der Waals surface area contributed by atoms with Crippen molar-refractivity contribution < 1.29 is 9.53 Å². The lowest BCUT2D eigenvalue weighted by atomic mass is 10.2. The molecule has 0 aliphatic carbocycles. The van der Waals surface area contributed by atoms with E-state index in [-0.39, 0.29) is 0 Å². The molecule has 0 aliphatic rings. The number of alkyl halides is 1. The molecule has 0 amide bonds. The van der Waals surface area contributed by atoms with Crippen LogP contribution in [0.4, 0.5) is 0 Å². The van der Waals surface area contributed by atoms with E-state index in [2.05, 4.69) is 22.6 Å². The molecular formula is C9H8IO2. The zero-order valence-corrected chi connectivity index (χ0v) is 8.58. The Bertz CT molecular complexity index is 243. The van der Waals surface area contributed by atoms with Crippen LogP contribution in [-0.2, 0) is 11.2 Å². The molecule has 0 unspecified atom stereocenters. The Balaban J connectivity index is 2.64. The van der Waals surface area contributed by atoms with Crippen LogP contribution in [0.5, 0.6) is 5.75 Å². The molecule has 12 heavy (non-hydrogen) atoms. The summed E-state index contributed by atoms with van der Waals surface area (Å²) in [6, 6.07) is 7.44. The van der Waals surface area contributed by atoms with Gasteiger partial charge in [0.25, 0.3) is 0 Å². The maximum absolute atomic E-state index is 10.0. The molecule has 0 aliphatic heterocycles. The maximum Gasteiger partial charge on any atom is 0.203 e. The van der Waals surface area contributed by atoms with Crippen LogP contribution in [-0.4, -0.2) is 10.9 Å². The van der Waals surface area contributed by atoms with E-state index in [1.807, 2.05) is 30.6 Å². The van der Waals surface area contributed by atoms with Gasteiger partial charge in [-0.1, -0.05) is 12.1 Å². The van der Waals surface area contributed by atoms with Gasteiger partial charge in [0, 0.05) is 6.42 Å². The molecular weight excluding hydrogens is 267 g/mol. The molecule has 2 nitrogen and oxygen atoms in total. The van der Waals surface area contributed by atoms with Gasteiger partial charge in [0.15, 0.2) is 0 Å². The van der Waals surface area contributed by atoms with Crippen molar-refractivity contribution in [1.82, 2.24) is 0 Å². The minimum Gasteiger partial charge on any atom is -0.483 e. The first-order valence-electron chi connectivity index (χ1n) is 3.49. The molecule has 0 fully saturated rings. The lowest BCUT2D eigenvalue weighted by Crippen LogP contribution is -1.89. The molecule has 1 aromatic rings. The SMILES string of the molecule is O=[C]Cc1ccc(OCI)cc1. The van der Waals surface area contributed by atoms with Crippen LogP contribution in [0, 0.1) is 0 Å². The van der Waals surface area contributed by atoms with Crippen LogP contribution >= 0.6 is 22.6 Å². The monoisotopic (exact) mass is 275 g/mol. The Morgan fingerprint density at radius 2 is 2.00 bits per heavy atom. The van der Waals surface area contributed by atoms with Gasteiger partial charge in [0.05, 0.1) is 0 Å². The van der Waals surface area contributed by atoms with Gasteiger partial charge in [-0.3, -0.25) is 4.79 Å². The Kier molecular flexibility index (Phi) is 4.07. The molecule has 1 rings (SSSR count). The summed E-state index contributed by atoms with van der Waals surface area (Å²) in [6.45, 7) is 0. The smallest absolute Gasteiger partial charge is 0.203 e. The van der Waals surface area contributed by atoms with E-state index in [9.17, 15) is 4.79 Å². The highest BCUT2D eigenvalue weighted by molar-refractivity contribution is 14.1. The number of hydrogen-bond donors (Lipinski definition) is 0. The maximum atomic E-state index is 10.0. The summed E-state index contributed by atoms with van der Waals surface area (Å²) in [5.74, 6) is 0.832. The summed E-state index contributed by atoms with van der Waals surface area (Å²) in [7, 11) is 0. The summed E-state index contributed by atoms with van der Waals surface area (Å²) in [6.07, 6.45) is 2.19. The lowest BCUT2D eigenvalue weighted by molar-refractivity contribution is 0.404. The molecule has 0 saturated heterocycles. The summed E-state index contributed by atoms with van der Waals surface area (Å²) in [5.41, 5.74) is 0.964. The van der Waals surface area contributed by atoms with E-state index >= 15 is 0 Å². The number of rotatable bonds is 4.